The summed E-state index contributed by atoms with van der Waals surface area (Å²) in [4.78, 5) is 4.13. The van der Waals surface area contributed by atoms with E-state index in [1.165, 1.54) is 5.39 Å². The summed E-state index contributed by atoms with van der Waals surface area (Å²) >= 11 is 3.54. The van der Waals surface area contributed by atoms with Gasteiger partial charge in [-0.15, -0.1) is 0 Å². The van der Waals surface area contributed by atoms with Gasteiger partial charge in [-0.25, -0.2) is 0 Å². The Kier molecular flexibility index (Phi) is 3.38. The van der Waals surface area contributed by atoms with Crippen LogP contribution in [-0.2, 0) is 11.3 Å². The Bertz CT molecular complexity index is 453. The van der Waals surface area contributed by atoms with Crippen molar-refractivity contribution < 1.29 is 4.74 Å². The molecule has 2 aromatic heterocycles. The highest BCUT2D eigenvalue weighted by Crippen LogP contribution is 2.24. The number of fused-ring (bicyclic) bond motifs is 1. The molecule has 15 heavy (non-hydrogen) atoms. The van der Waals surface area contributed by atoms with Gasteiger partial charge in [0.2, 0.25) is 0 Å². The number of rotatable bonds is 4. The monoisotopic (exact) mass is 268 g/mol. The second kappa shape index (κ2) is 4.77. The number of aromatic nitrogens is 2. The lowest BCUT2D eigenvalue weighted by Gasteiger charge is -2.04. The second-order valence-electron chi connectivity index (χ2n) is 3.26. The van der Waals surface area contributed by atoms with Gasteiger partial charge in [0, 0.05) is 35.4 Å². The molecule has 0 atom stereocenters. The third-order valence-electron chi connectivity index (χ3n) is 2.32. The van der Waals surface area contributed by atoms with E-state index < -0.39 is 0 Å². The smallest absolute Gasteiger partial charge is 0.0679 e. The van der Waals surface area contributed by atoms with Crippen LogP contribution in [0.3, 0.4) is 0 Å². The molecule has 0 N–H and O–H groups in total. The molecule has 80 valence electrons. The quantitative estimate of drug-likeness (QED) is 0.798. The molecule has 0 aliphatic rings. The molecule has 4 heteroatoms. The molecule has 2 aromatic rings. The van der Waals surface area contributed by atoms with E-state index in [4.69, 9.17) is 4.74 Å². The van der Waals surface area contributed by atoms with E-state index in [0.717, 1.165) is 29.7 Å². The van der Waals surface area contributed by atoms with E-state index >= 15 is 0 Å². The van der Waals surface area contributed by atoms with Crippen LogP contribution in [0, 0.1) is 0 Å². The molecule has 3 nitrogen and oxygen atoms in total. The third-order valence-corrected chi connectivity index (χ3v) is 2.95. The molecular weight excluding hydrogens is 256 g/mol. The summed E-state index contributed by atoms with van der Waals surface area (Å²) in [5, 5.41) is 1.20. The van der Waals surface area contributed by atoms with E-state index in [0.29, 0.717) is 0 Å². The van der Waals surface area contributed by atoms with E-state index in [9.17, 15) is 0 Å². The molecule has 0 aromatic carbocycles. The number of ether oxygens (including phenoxy) is 1. The SMILES string of the molecule is CCOCCn1cc(Br)c2ccncc21. The molecule has 0 bridgehead atoms. The Morgan fingerprint density at radius 1 is 1.53 bits per heavy atom. The molecule has 2 rings (SSSR count). The molecular formula is C11H13BrN2O. The first-order valence-corrected chi connectivity index (χ1v) is 5.78. The Morgan fingerprint density at radius 2 is 2.40 bits per heavy atom. The lowest BCUT2D eigenvalue weighted by atomic mass is 10.3. The summed E-state index contributed by atoms with van der Waals surface area (Å²) in [6.07, 6.45) is 5.76. The molecule has 2 heterocycles. The molecule has 0 saturated heterocycles. The van der Waals surface area contributed by atoms with Crippen molar-refractivity contribution in [2.24, 2.45) is 0 Å². The third kappa shape index (κ3) is 2.21. The Morgan fingerprint density at radius 3 is 3.20 bits per heavy atom. The number of halogens is 1. The molecule has 0 saturated carbocycles. The van der Waals surface area contributed by atoms with Crippen LogP contribution in [0.1, 0.15) is 6.92 Å². The van der Waals surface area contributed by atoms with Gasteiger partial charge in [-0.3, -0.25) is 4.98 Å². The first kappa shape index (κ1) is 10.6. The highest BCUT2D eigenvalue weighted by Gasteiger charge is 2.05. The topological polar surface area (TPSA) is 27.1 Å². The molecule has 0 spiro atoms. The predicted octanol–water partition coefficient (Wildman–Crippen LogP) is 2.84. The average Bonchev–Trinajstić information content (AvgIpc) is 2.58. The fraction of sp³-hybridized carbons (Fsp3) is 0.364. The number of pyridine rings is 1. The van der Waals surface area contributed by atoms with Gasteiger partial charge in [-0.1, -0.05) is 0 Å². The molecule has 0 radical (unpaired) electrons. The van der Waals surface area contributed by atoms with Gasteiger partial charge in [0.1, 0.15) is 0 Å². The summed E-state index contributed by atoms with van der Waals surface area (Å²) in [5.74, 6) is 0. The zero-order valence-electron chi connectivity index (χ0n) is 8.61. The highest BCUT2D eigenvalue weighted by molar-refractivity contribution is 9.10. The van der Waals surface area contributed by atoms with Crippen LogP contribution in [0.5, 0.6) is 0 Å². The minimum atomic E-state index is 0.738. The van der Waals surface area contributed by atoms with Gasteiger partial charge in [0.05, 0.1) is 18.3 Å². The van der Waals surface area contributed by atoms with Crippen molar-refractivity contribution in [3.8, 4) is 0 Å². The maximum atomic E-state index is 5.34. The van der Waals surface area contributed by atoms with Gasteiger partial charge in [0.25, 0.3) is 0 Å². The Balaban J connectivity index is 2.27. The zero-order chi connectivity index (χ0) is 10.7. The average molecular weight is 269 g/mol. The van der Waals surface area contributed by atoms with Crippen molar-refractivity contribution in [1.29, 1.82) is 0 Å². The van der Waals surface area contributed by atoms with Crippen molar-refractivity contribution in [3.63, 3.8) is 0 Å². The molecule has 0 unspecified atom stereocenters. The van der Waals surface area contributed by atoms with Gasteiger partial charge < -0.3 is 9.30 Å². The summed E-state index contributed by atoms with van der Waals surface area (Å²) < 4.78 is 8.60. The van der Waals surface area contributed by atoms with Crippen molar-refractivity contribution in [2.45, 2.75) is 13.5 Å². The standard InChI is InChI=1S/C11H13BrN2O/c1-2-15-6-5-14-8-10(12)9-3-4-13-7-11(9)14/h3-4,7-8H,2,5-6H2,1H3. The van der Waals surface area contributed by atoms with Crippen LogP contribution in [0.25, 0.3) is 10.9 Å². The van der Waals surface area contributed by atoms with Crippen molar-refractivity contribution in [1.82, 2.24) is 9.55 Å². The second-order valence-corrected chi connectivity index (χ2v) is 4.11. The minimum Gasteiger partial charge on any atom is -0.380 e. The maximum absolute atomic E-state index is 5.34. The first-order chi connectivity index (χ1) is 7.33. The van der Waals surface area contributed by atoms with Crippen LogP contribution < -0.4 is 0 Å². The Hall–Kier alpha value is -0.870. The lowest BCUT2D eigenvalue weighted by molar-refractivity contribution is 0.140. The van der Waals surface area contributed by atoms with E-state index in [1.807, 2.05) is 19.2 Å². The first-order valence-electron chi connectivity index (χ1n) is 4.99. The highest BCUT2D eigenvalue weighted by atomic mass is 79.9. The normalized spacial score (nSPS) is 11.1. The van der Waals surface area contributed by atoms with Crippen LogP contribution in [0.15, 0.2) is 29.1 Å². The van der Waals surface area contributed by atoms with E-state index in [-0.39, 0.29) is 0 Å². The molecule has 0 fully saturated rings. The van der Waals surface area contributed by atoms with Crippen LogP contribution in [0.2, 0.25) is 0 Å². The fourth-order valence-electron chi connectivity index (χ4n) is 1.59. The zero-order valence-corrected chi connectivity index (χ0v) is 10.2. The van der Waals surface area contributed by atoms with Crippen molar-refractivity contribution in [2.75, 3.05) is 13.2 Å². The van der Waals surface area contributed by atoms with Gasteiger partial charge >= 0.3 is 0 Å². The van der Waals surface area contributed by atoms with Crippen LogP contribution in [0.4, 0.5) is 0 Å². The van der Waals surface area contributed by atoms with Crippen LogP contribution in [-0.4, -0.2) is 22.8 Å². The van der Waals surface area contributed by atoms with Crippen molar-refractivity contribution in [3.05, 3.63) is 29.1 Å². The lowest BCUT2D eigenvalue weighted by Crippen LogP contribution is -2.04. The van der Waals surface area contributed by atoms with Crippen LogP contribution >= 0.6 is 15.9 Å². The molecule has 0 aliphatic carbocycles. The fourth-order valence-corrected chi connectivity index (χ4v) is 2.17. The summed E-state index contributed by atoms with van der Waals surface area (Å²) in [7, 11) is 0. The minimum absolute atomic E-state index is 0.738. The Labute approximate surface area is 97.2 Å². The van der Waals surface area contributed by atoms with E-state index in [2.05, 4.69) is 31.7 Å². The van der Waals surface area contributed by atoms with Gasteiger partial charge in [-0.2, -0.15) is 0 Å². The maximum Gasteiger partial charge on any atom is 0.0679 e. The molecule has 0 aliphatic heterocycles. The predicted molar refractivity (Wildman–Crippen MR) is 63.9 cm³/mol. The number of hydrogen-bond acceptors (Lipinski definition) is 2. The van der Waals surface area contributed by atoms with Crippen molar-refractivity contribution >= 4 is 26.8 Å². The number of nitrogens with zero attached hydrogens (tertiary/aromatic N) is 2. The summed E-state index contributed by atoms with van der Waals surface area (Å²) in [6.45, 7) is 4.37. The van der Waals surface area contributed by atoms with E-state index in [1.54, 1.807) is 6.20 Å². The summed E-state index contributed by atoms with van der Waals surface area (Å²) in [6, 6.07) is 2.01. The van der Waals surface area contributed by atoms with Gasteiger partial charge in [0.15, 0.2) is 0 Å². The largest absolute Gasteiger partial charge is 0.380 e. The molecule has 0 amide bonds. The van der Waals surface area contributed by atoms with Gasteiger partial charge in [-0.05, 0) is 28.9 Å². The summed E-state index contributed by atoms with van der Waals surface area (Å²) in [5.41, 5.74) is 1.14. The number of hydrogen-bond donors (Lipinski definition) is 0.